The molecule has 2 aromatic carbocycles. The summed E-state index contributed by atoms with van der Waals surface area (Å²) < 4.78 is 0. The van der Waals surface area contributed by atoms with Crippen LogP contribution in [-0.4, -0.2) is 0 Å². The number of hydrogen-bond acceptors (Lipinski definition) is 1. The quantitative estimate of drug-likeness (QED) is 0.711. The largest absolute Gasteiger partial charge is 0.378 e. The Morgan fingerprint density at radius 2 is 1.70 bits per heavy atom. The Morgan fingerprint density at radius 3 is 2.55 bits per heavy atom. The predicted octanol–water partition coefficient (Wildman–Crippen LogP) is 5.17. The Hall–Kier alpha value is -1.73. The summed E-state index contributed by atoms with van der Waals surface area (Å²) in [5.41, 5.74) is 3.86. The van der Waals surface area contributed by atoms with Gasteiger partial charge >= 0.3 is 0 Å². The number of para-hydroxylation sites is 1. The molecule has 0 radical (unpaired) electrons. The van der Waals surface area contributed by atoms with Gasteiger partial charge in [0.05, 0.1) is 6.04 Å². The van der Waals surface area contributed by atoms with Crippen molar-refractivity contribution in [3.8, 4) is 0 Å². The molecule has 0 spiro atoms. The second-order valence-corrected chi connectivity index (χ2v) is 5.99. The fourth-order valence-electron chi connectivity index (χ4n) is 3.58. The summed E-state index contributed by atoms with van der Waals surface area (Å²) in [6.07, 6.45) is 5.78. The monoisotopic (exact) mass is 281 g/mol. The molecule has 20 heavy (non-hydrogen) atoms. The van der Waals surface area contributed by atoms with E-state index in [2.05, 4.69) is 53.9 Å². The molecule has 2 aliphatic rings. The van der Waals surface area contributed by atoms with E-state index in [9.17, 15) is 0 Å². The molecule has 0 amide bonds. The summed E-state index contributed by atoms with van der Waals surface area (Å²) in [6.45, 7) is 0. The number of rotatable bonds is 1. The molecule has 1 aliphatic heterocycles. The van der Waals surface area contributed by atoms with E-state index in [0.717, 1.165) is 11.4 Å². The summed E-state index contributed by atoms with van der Waals surface area (Å²) in [6, 6.07) is 17.1. The third-order valence-electron chi connectivity index (χ3n) is 4.51. The fraction of sp³-hybridized carbons (Fsp3) is 0.222. The fourth-order valence-corrected chi connectivity index (χ4v) is 3.83. The van der Waals surface area contributed by atoms with E-state index in [1.807, 2.05) is 12.1 Å². The van der Waals surface area contributed by atoms with Crippen LogP contribution in [0, 0.1) is 5.92 Å². The number of benzene rings is 2. The van der Waals surface area contributed by atoms with Gasteiger partial charge in [-0.15, -0.1) is 0 Å². The number of halogens is 1. The zero-order valence-corrected chi connectivity index (χ0v) is 11.8. The molecule has 2 unspecified atom stereocenters. The van der Waals surface area contributed by atoms with E-state index in [-0.39, 0.29) is 0 Å². The van der Waals surface area contributed by atoms with Crippen molar-refractivity contribution < 1.29 is 0 Å². The van der Waals surface area contributed by atoms with Gasteiger partial charge < -0.3 is 5.32 Å². The van der Waals surface area contributed by atoms with Gasteiger partial charge in [0, 0.05) is 16.6 Å². The molecule has 0 fully saturated rings. The molecule has 0 aromatic heterocycles. The Balaban J connectivity index is 1.82. The van der Waals surface area contributed by atoms with E-state index in [4.69, 9.17) is 11.6 Å². The highest BCUT2D eigenvalue weighted by atomic mass is 35.5. The Kier molecular flexibility index (Phi) is 2.82. The molecule has 0 saturated carbocycles. The van der Waals surface area contributed by atoms with E-state index in [0.29, 0.717) is 17.9 Å². The minimum absolute atomic E-state index is 0.290. The topological polar surface area (TPSA) is 12.0 Å². The van der Waals surface area contributed by atoms with Crippen molar-refractivity contribution in [3.05, 3.63) is 76.8 Å². The number of hydrogen-bond donors (Lipinski definition) is 1. The van der Waals surface area contributed by atoms with Gasteiger partial charge in [0.15, 0.2) is 0 Å². The highest BCUT2D eigenvalue weighted by molar-refractivity contribution is 6.31. The van der Waals surface area contributed by atoms with Gasteiger partial charge in [0.25, 0.3) is 0 Å². The van der Waals surface area contributed by atoms with Crippen molar-refractivity contribution in [2.45, 2.75) is 18.4 Å². The van der Waals surface area contributed by atoms with E-state index < -0.39 is 0 Å². The van der Waals surface area contributed by atoms with Gasteiger partial charge in [-0.1, -0.05) is 60.2 Å². The summed E-state index contributed by atoms with van der Waals surface area (Å²) in [7, 11) is 0. The second kappa shape index (κ2) is 4.68. The maximum absolute atomic E-state index is 6.41. The second-order valence-electron chi connectivity index (χ2n) is 5.58. The van der Waals surface area contributed by atoms with Gasteiger partial charge in [-0.2, -0.15) is 0 Å². The minimum Gasteiger partial charge on any atom is -0.378 e. The van der Waals surface area contributed by atoms with Crippen LogP contribution in [0.4, 0.5) is 5.69 Å². The normalized spacial score (nSPS) is 26.8. The lowest BCUT2D eigenvalue weighted by molar-refractivity contribution is 0.425. The maximum atomic E-state index is 6.41. The molecule has 1 aliphatic carbocycles. The van der Waals surface area contributed by atoms with E-state index >= 15 is 0 Å². The van der Waals surface area contributed by atoms with Crippen LogP contribution in [0.1, 0.15) is 29.5 Å². The van der Waals surface area contributed by atoms with Gasteiger partial charge in [-0.05, 0) is 35.6 Å². The first-order chi connectivity index (χ1) is 9.84. The molecule has 3 atom stereocenters. The molecule has 1 nitrogen and oxygen atoms in total. The molecule has 100 valence electrons. The predicted molar refractivity (Wildman–Crippen MR) is 84.2 cm³/mol. The first-order valence-electron chi connectivity index (χ1n) is 7.11. The maximum Gasteiger partial charge on any atom is 0.0568 e. The lowest BCUT2D eigenvalue weighted by Crippen LogP contribution is -2.29. The highest BCUT2D eigenvalue weighted by Crippen LogP contribution is 2.50. The molecule has 2 aromatic rings. The Bertz CT molecular complexity index is 677. The van der Waals surface area contributed by atoms with Crippen LogP contribution in [0.15, 0.2) is 60.7 Å². The Labute approximate surface area is 124 Å². The minimum atomic E-state index is 0.290. The molecular weight excluding hydrogens is 266 g/mol. The highest BCUT2D eigenvalue weighted by Gasteiger charge is 2.38. The molecule has 0 saturated heterocycles. The van der Waals surface area contributed by atoms with Gasteiger partial charge in [-0.3, -0.25) is 0 Å². The first-order valence-corrected chi connectivity index (χ1v) is 7.49. The average molecular weight is 282 g/mol. The zero-order chi connectivity index (χ0) is 13.5. The van der Waals surface area contributed by atoms with Crippen LogP contribution in [0.2, 0.25) is 5.02 Å². The van der Waals surface area contributed by atoms with Crippen LogP contribution in [0.5, 0.6) is 0 Å². The molecular formula is C18H16ClN. The molecule has 1 heterocycles. The van der Waals surface area contributed by atoms with Crippen molar-refractivity contribution in [1.29, 1.82) is 0 Å². The summed E-state index contributed by atoms with van der Waals surface area (Å²) in [5, 5.41) is 4.56. The van der Waals surface area contributed by atoms with Gasteiger partial charge in [0.2, 0.25) is 0 Å². The lowest BCUT2D eigenvalue weighted by Gasteiger charge is -2.37. The third-order valence-corrected chi connectivity index (χ3v) is 4.86. The molecule has 4 rings (SSSR count). The van der Waals surface area contributed by atoms with Crippen LogP contribution in [0.3, 0.4) is 0 Å². The van der Waals surface area contributed by atoms with Crippen molar-refractivity contribution in [2.75, 3.05) is 5.32 Å². The van der Waals surface area contributed by atoms with Crippen molar-refractivity contribution in [2.24, 2.45) is 5.92 Å². The molecule has 1 N–H and O–H groups in total. The molecule has 0 bridgehead atoms. The lowest BCUT2D eigenvalue weighted by atomic mass is 9.77. The van der Waals surface area contributed by atoms with E-state index in [1.54, 1.807) is 0 Å². The van der Waals surface area contributed by atoms with Crippen LogP contribution in [-0.2, 0) is 0 Å². The number of anilines is 1. The first kappa shape index (κ1) is 12.0. The van der Waals surface area contributed by atoms with Crippen molar-refractivity contribution >= 4 is 17.3 Å². The third kappa shape index (κ3) is 1.77. The standard InChI is InChI=1S/C18H16ClN/c19-16-10-3-1-7-15(16)18-14-9-5-8-12(14)13-6-2-4-11-17(13)20-18/h1-8,10-12,14,18,20H,9H2/t12?,14?,18-/m0/s1. The van der Waals surface area contributed by atoms with Gasteiger partial charge in [0.1, 0.15) is 0 Å². The van der Waals surface area contributed by atoms with Crippen molar-refractivity contribution in [3.63, 3.8) is 0 Å². The number of allylic oxidation sites excluding steroid dienone is 2. The zero-order valence-electron chi connectivity index (χ0n) is 11.1. The smallest absolute Gasteiger partial charge is 0.0568 e. The summed E-state index contributed by atoms with van der Waals surface area (Å²) >= 11 is 6.41. The average Bonchev–Trinajstić information content (AvgIpc) is 2.97. The summed E-state index contributed by atoms with van der Waals surface area (Å²) in [4.78, 5) is 0. The van der Waals surface area contributed by atoms with Crippen LogP contribution >= 0.6 is 11.6 Å². The van der Waals surface area contributed by atoms with Gasteiger partial charge in [-0.25, -0.2) is 0 Å². The van der Waals surface area contributed by atoms with E-state index in [1.165, 1.54) is 16.8 Å². The summed E-state index contributed by atoms with van der Waals surface area (Å²) in [5.74, 6) is 1.07. The number of nitrogens with one attached hydrogen (secondary N) is 1. The van der Waals surface area contributed by atoms with Crippen LogP contribution < -0.4 is 5.32 Å². The molecule has 2 heteroatoms. The van der Waals surface area contributed by atoms with Crippen molar-refractivity contribution in [1.82, 2.24) is 0 Å². The SMILES string of the molecule is Clc1ccccc1[C@H]1Nc2ccccc2C2C=CCC21. The Morgan fingerprint density at radius 1 is 0.950 bits per heavy atom. The number of fused-ring (bicyclic) bond motifs is 3. The van der Waals surface area contributed by atoms with Crippen LogP contribution in [0.25, 0.3) is 0 Å².